The lowest BCUT2D eigenvalue weighted by atomic mass is 9.87. The van der Waals surface area contributed by atoms with Crippen LogP contribution in [0.5, 0.6) is 5.75 Å². The van der Waals surface area contributed by atoms with Gasteiger partial charge >= 0.3 is 5.97 Å². The van der Waals surface area contributed by atoms with Gasteiger partial charge in [0.1, 0.15) is 12.4 Å². The van der Waals surface area contributed by atoms with Gasteiger partial charge in [-0.05, 0) is 91.2 Å². The molecule has 3 aromatic rings. The van der Waals surface area contributed by atoms with Gasteiger partial charge in [0.15, 0.2) is 5.70 Å². The van der Waals surface area contributed by atoms with Crippen LogP contribution >= 0.6 is 31.9 Å². The Labute approximate surface area is 217 Å². The first-order valence-corrected chi connectivity index (χ1v) is 12.5. The first-order chi connectivity index (χ1) is 16.1. The Morgan fingerprint density at radius 2 is 1.59 bits per heavy atom. The molecule has 0 fully saturated rings. The molecule has 1 aliphatic rings. The highest BCUT2D eigenvalue weighted by Gasteiger charge is 2.25. The highest BCUT2D eigenvalue weighted by Crippen LogP contribution is 2.36. The van der Waals surface area contributed by atoms with E-state index in [-0.39, 0.29) is 11.1 Å². The number of nitrogens with zero attached hydrogens (tertiary/aromatic N) is 1. The number of carbonyl (C=O) groups is 1. The second-order valence-electron chi connectivity index (χ2n) is 9.25. The Hall–Kier alpha value is -2.70. The number of rotatable bonds is 5. The summed E-state index contributed by atoms with van der Waals surface area (Å²) in [5.74, 6) is 0.537. The minimum atomic E-state index is -0.471. The Kier molecular flexibility index (Phi) is 7.10. The number of ether oxygens (including phenoxy) is 2. The van der Waals surface area contributed by atoms with Crippen LogP contribution < -0.4 is 4.74 Å². The summed E-state index contributed by atoms with van der Waals surface area (Å²) in [5, 5.41) is 0. The molecule has 1 aliphatic heterocycles. The van der Waals surface area contributed by atoms with Crippen molar-refractivity contribution in [2.45, 2.75) is 39.7 Å². The molecule has 0 N–H and O–H groups in total. The molecule has 0 saturated heterocycles. The zero-order valence-electron chi connectivity index (χ0n) is 19.5. The van der Waals surface area contributed by atoms with Crippen molar-refractivity contribution in [3.63, 3.8) is 0 Å². The van der Waals surface area contributed by atoms with E-state index in [1.54, 1.807) is 6.08 Å². The normalized spacial score (nSPS) is 14.8. The zero-order chi connectivity index (χ0) is 24.5. The van der Waals surface area contributed by atoms with Gasteiger partial charge < -0.3 is 9.47 Å². The van der Waals surface area contributed by atoms with Crippen molar-refractivity contribution >= 4 is 49.8 Å². The minimum absolute atomic E-state index is 0.0501. The maximum atomic E-state index is 12.5. The third-order valence-corrected chi connectivity index (χ3v) is 6.62. The lowest BCUT2D eigenvalue weighted by molar-refractivity contribution is -0.129. The molecule has 0 bridgehead atoms. The maximum absolute atomic E-state index is 12.5. The molecule has 0 aliphatic carbocycles. The predicted octanol–water partition coefficient (Wildman–Crippen LogP) is 7.74. The van der Waals surface area contributed by atoms with Crippen LogP contribution in [0.25, 0.3) is 6.08 Å². The number of hydrogen-bond donors (Lipinski definition) is 0. The van der Waals surface area contributed by atoms with E-state index in [2.05, 4.69) is 76.7 Å². The second kappa shape index (κ2) is 9.88. The molecular weight excluding hydrogens is 558 g/mol. The van der Waals surface area contributed by atoms with Gasteiger partial charge in [0, 0.05) is 5.56 Å². The van der Waals surface area contributed by atoms with Gasteiger partial charge in [0.05, 0.1) is 8.95 Å². The van der Waals surface area contributed by atoms with Gasteiger partial charge in [0.2, 0.25) is 5.90 Å². The summed E-state index contributed by atoms with van der Waals surface area (Å²) in [4.78, 5) is 16.9. The van der Waals surface area contributed by atoms with E-state index in [1.807, 2.05) is 48.5 Å². The van der Waals surface area contributed by atoms with Crippen molar-refractivity contribution in [2.24, 2.45) is 4.99 Å². The molecule has 0 saturated carbocycles. The fourth-order valence-electron chi connectivity index (χ4n) is 3.44. The molecule has 6 heteroatoms. The van der Waals surface area contributed by atoms with Crippen LogP contribution in [0.15, 0.2) is 80.3 Å². The molecular formula is C28H25Br2NO3. The summed E-state index contributed by atoms with van der Waals surface area (Å²) < 4.78 is 13.0. The Morgan fingerprint density at radius 3 is 2.18 bits per heavy atom. The maximum Gasteiger partial charge on any atom is 0.363 e. The van der Waals surface area contributed by atoms with Crippen molar-refractivity contribution in [3.05, 3.63) is 103 Å². The van der Waals surface area contributed by atoms with Crippen LogP contribution in [0.1, 0.15) is 48.6 Å². The summed E-state index contributed by atoms with van der Waals surface area (Å²) in [7, 11) is 0. The molecule has 0 unspecified atom stereocenters. The smallest absolute Gasteiger partial charge is 0.363 e. The van der Waals surface area contributed by atoms with Crippen molar-refractivity contribution in [1.82, 2.24) is 0 Å². The highest BCUT2D eigenvalue weighted by atomic mass is 79.9. The van der Waals surface area contributed by atoms with Crippen molar-refractivity contribution < 1.29 is 14.3 Å². The van der Waals surface area contributed by atoms with E-state index < -0.39 is 5.97 Å². The van der Waals surface area contributed by atoms with Gasteiger partial charge in [-0.2, -0.15) is 0 Å². The van der Waals surface area contributed by atoms with Gasteiger partial charge in [-0.25, -0.2) is 9.79 Å². The number of halogens is 2. The minimum Gasteiger partial charge on any atom is -0.487 e. The van der Waals surface area contributed by atoms with Gasteiger partial charge in [0.25, 0.3) is 0 Å². The molecule has 34 heavy (non-hydrogen) atoms. The molecule has 0 amide bonds. The van der Waals surface area contributed by atoms with Crippen molar-refractivity contribution in [3.8, 4) is 5.75 Å². The van der Waals surface area contributed by atoms with Crippen LogP contribution in [0.4, 0.5) is 0 Å². The van der Waals surface area contributed by atoms with E-state index in [4.69, 9.17) is 9.47 Å². The lowest BCUT2D eigenvalue weighted by Gasteiger charge is -2.18. The van der Waals surface area contributed by atoms with Crippen LogP contribution in [-0.2, 0) is 21.6 Å². The van der Waals surface area contributed by atoms with Gasteiger partial charge in [-0.1, -0.05) is 62.7 Å². The third kappa shape index (κ3) is 5.68. The summed E-state index contributed by atoms with van der Waals surface area (Å²) >= 11 is 7.17. The Morgan fingerprint density at radius 1 is 0.971 bits per heavy atom. The SMILES string of the molecule is Cc1ccc(COc2c(Br)cc(/C=C3/N=C(c4ccc(C(C)(C)C)cc4)OC3=O)cc2Br)cc1. The fraction of sp³-hybridized carbons (Fsp3) is 0.214. The first-order valence-electron chi connectivity index (χ1n) is 10.9. The molecule has 0 atom stereocenters. The van der Waals surface area contributed by atoms with E-state index in [0.29, 0.717) is 18.3 Å². The number of benzene rings is 3. The predicted molar refractivity (Wildman–Crippen MR) is 143 cm³/mol. The topological polar surface area (TPSA) is 47.9 Å². The fourth-order valence-corrected chi connectivity index (χ4v) is 4.89. The van der Waals surface area contributed by atoms with Crippen LogP contribution in [0.2, 0.25) is 0 Å². The van der Waals surface area contributed by atoms with Crippen LogP contribution in [0, 0.1) is 6.92 Å². The molecule has 0 aromatic heterocycles. The molecule has 3 aromatic carbocycles. The first kappa shape index (κ1) is 24.4. The van der Waals surface area contributed by atoms with E-state index in [9.17, 15) is 4.79 Å². The lowest BCUT2D eigenvalue weighted by Crippen LogP contribution is -2.11. The summed E-state index contributed by atoms with van der Waals surface area (Å²) in [6.07, 6.45) is 1.71. The summed E-state index contributed by atoms with van der Waals surface area (Å²) in [6, 6.07) is 19.9. The third-order valence-electron chi connectivity index (χ3n) is 5.45. The zero-order valence-corrected chi connectivity index (χ0v) is 22.7. The van der Waals surface area contributed by atoms with E-state index in [1.165, 1.54) is 11.1 Å². The number of esters is 1. The highest BCUT2D eigenvalue weighted by molar-refractivity contribution is 9.11. The quantitative estimate of drug-likeness (QED) is 0.228. The van der Waals surface area contributed by atoms with Crippen molar-refractivity contribution in [2.75, 3.05) is 0 Å². The Bertz CT molecular complexity index is 1260. The van der Waals surface area contributed by atoms with Crippen molar-refractivity contribution in [1.29, 1.82) is 0 Å². The standard InChI is InChI=1S/C28H25Br2NO3/c1-17-5-7-18(8-6-17)16-33-25-22(29)13-19(14-23(25)30)15-24-27(32)34-26(31-24)20-9-11-21(12-10-20)28(2,3)4/h5-15H,16H2,1-4H3/b24-15+. The average molecular weight is 583 g/mol. The van der Waals surface area contributed by atoms with E-state index >= 15 is 0 Å². The number of cyclic esters (lactones) is 1. The summed E-state index contributed by atoms with van der Waals surface area (Å²) in [5.41, 5.74) is 5.37. The average Bonchev–Trinajstić information content (AvgIpc) is 3.14. The monoisotopic (exact) mass is 581 g/mol. The number of hydrogen-bond acceptors (Lipinski definition) is 4. The molecule has 0 radical (unpaired) electrons. The van der Waals surface area contributed by atoms with Gasteiger partial charge in [-0.15, -0.1) is 0 Å². The number of aryl methyl sites for hydroxylation is 1. The van der Waals surface area contributed by atoms with Crippen LogP contribution in [-0.4, -0.2) is 11.9 Å². The molecule has 0 spiro atoms. The number of aliphatic imine (C=N–C) groups is 1. The van der Waals surface area contributed by atoms with E-state index in [0.717, 1.165) is 25.6 Å². The molecule has 174 valence electrons. The largest absolute Gasteiger partial charge is 0.487 e. The van der Waals surface area contributed by atoms with Gasteiger partial charge in [-0.3, -0.25) is 0 Å². The number of carbonyl (C=O) groups excluding carboxylic acids is 1. The molecule has 1 heterocycles. The second-order valence-corrected chi connectivity index (χ2v) is 11.0. The Balaban J connectivity index is 1.53. The molecule has 4 rings (SSSR count). The summed E-state index contributed by atoms with van der Waals surface area (Å²) in [6.45, 7) is 8.98. The van der Waals surface area contributed by atoms with Crippen LogP contribution in [0.3, 0.4) is 0 Å². The molecule has 4 nitrogen and oxygen atoms in total.